The lowest BCUT2D eigenvalue weighted by molar-refractivity contribution is -0.126. The minimum Gasteiger partial charge on any atom is -0.302 e. The van der Waals surface area contributed by atoms with Gasteiger partial charge in [-0.25, -0.2) is 0 Å². The Balaban J connectivity index is 1.87. The summed E-state index contributed by atoms with van der Waals surface area (Å²) in [5.74, 6) is 3.29. The minimum absolute atomic E-state index is 0.336. The van der Waals surface area contributed by atoms with E-state index in [9.17, 15) is 4.79 Å². The molecular weight excluding hydrogens is 234 g/mol. The number of hydrogen-bond donors (Lipinski definition) is 0. The fraction of sp³-hybridized carbons (Fsp3) is 0.941. The van der Waals surface area contributed by atoms with Gasteiger partial charge in [0, 0.05) is 32.0 Å². The number of ketones is 1. The largest absolute Gasteiger partial charge is 0.302 e. The van der Waals surface area contributed by atoms with Gasteiger partial charge in [-0.15, -0.1) is 0 Å². The normalized spacial score (nSPS) is 37.5. The van der Waals surface area contributed by atoms with Gasteiger partial charge >= 0.3 is 0 Å². The Morgan fingerprint density at radius 3 is 2.47 bits per heavy atom. The Hall–Kier alpha value is -0.370. The average Bonchev–Trinajstić information content (AvgIpc) is 2.32. The van der Waals surface area contributed by atoms with E-state index in [1.807, 2.05) is 0 Å². The first-order chi connectivity index (χ1) is 9.08. The van der Waals surface area contributed by atoms with Crippen LogP contribution in [0.1, 0.15) is 59.3 Å². The predicted molar refractivity (Wildman–Crippen MR) is 80.1 cm³/mol. The van der Waals surface area contributed by atoms with E-state index in [4.69, 9.17) is 0 Å². The highest BCUT2D eigenvalue weighted by Crippen LogP contribution is 2.31. The third kappa shape index (κ3) is 4.30. The zero-order valence-corrected chi connectivity index (χ0v) is 13.0. The first kappa shape index (κ1) is 15.0. The van der Waals surface area contributed by atoms with Crippen LogP contribution in [0.15, 0.2) is 0 Å². The lowest BCUT2D eigenvalue weighted by Gasteiger charge is -2.38. The molecule has 0 aromatic carbocycles. The summed E-state index contributed by atoms with van der Waals surface area (Å²) in [7, 11) is 0. The Morgan fingerprint density at radius 1 is 1.16 bits per heavy atom. The standard InChI is InChI=1S/C17H31NO/c1-4-5-15-6-7-17(19)16(9-15)12-18-10-13(2)8-14(3)11-18/h13-16H,4-12H2,1-3H3. The molecule has 2 heteroatoms. The molecular formula is C17H31NO. The molecule has 0 spiro atoms. The molecule has 2 fully saturated rings. The summed E-state index contributed by atoms with van der Waals surface area (Å²) < 4.78 is 0. The molecule has 0 bridgehead atoms. The van der Waals surface area contributed by atoms with Gasteiger partial charge in [-0.2, -0.15) is 0 Å². The molecule has 0 N–H and O–H groups in total. The van der Waals surface area contributed by atoms with Gasteiger partial charge in [-0.05, 0) is 37.0 Å². The molecule has 110 valence electrons. The first-order valence-electron chi connectivity index (χ1n) is 8.33. The van der Waals surface area contributed by atoms with E-state index < -0.39 is 0 Å². The van der Waals surface area contributed by atoms with E-state index in [-0.39, 0.29) is 0 Å². The third-order valence-corrected chi connectivity index (χ3v) is 4.99. The summed E-state index contributed by atoms with van der Waals surface area (Å²) in [5.41, 5.74) is 0. The molecule has 0 aromatic rings. The number of carbonyl (C=O) groups excluding carboxylic acids is 1. The van der Waals surface area contributed by atoms with Crippen molar-refractivity contribution in [2.45, 2.75) is 59.3 Å². The van der Waals surface area contributed by atoms with E-state index >= 15 is 0 Å². The van der Waals surface area contributed by atoms with Gasteiger partial charge in [0.25, 0.3) is 0 Å². The molecule has 2 aliphatic rings. The summed E-state index contributed by atoms with van der Waals surface area (Å²) in [6, 6.07) is 0. The average molecular weight is 265 g/mol. The van der Waals surface area contributed by atoms with Crippen LogP contribution in [0.3, 0.4) is 0 Å². The Kier molecular flexibility index (Phi) is 5.44. The van der Waals surface area contributed by atoms with Crippen LogP contribution in [0.25, 0.3) is 0 Å². The van der Waals surface area contributed by atoms with Crippen molar-refractivity contribution < 1.29 is 4.79 Å². The molecule has 1 aliphatic heterocycles. The molecule has 0 aromatic heterocycles. The summed E-state index contributed by atoms with van der Waals surface area (Å²) in [6.07, 6.45) is 7.09. The van der Waals surface area contributed by atoms with Crippen molar-refractivity contribution >= 4 is 5.78 Å². The molecule has 1 heterocycles. The van der Waals surface area contributed by atoms with E-state index in [1.54, 1.807) is 0 Å². The topological polar surface area (TPSA) is 20.3 Å². The molecule has 4 unspecified atom stereocenters. The molecule has 2 rings (SSSR count). The van der Waals surface area contributed by atoms with Crippen molar-refractivity contribution in [1.29, 1.82) is 0 Å². The molecule has 1 saturated carbocycles. The first-order valence-corrected chi connectivity index (χ1v) is 8.33. The number of Topliss-reactive ketones (excluding diaryl/α,β-unsaturated/α-hetero) is 1. The second-order valence-corrected chi connectivity index (χ2v) is 7.26. The number of piperidine rings is 1. The van der Waals surface area contributed by atoms with Gasteiger partial charge in [-0.3, -0.25) is 4.79 Å². The lowest BCUT2D eigenvalue weighted by atomic mass is 9.78. The fourth-order valence-corrected chi connectivity index (χ4v) is 4.30. The van der Waals surface area contributed by atoms with E-state index in [1.165, 1.54) is 32.4 Å². The highest BCUT2D eigenvalue weighted by Gasteiger charge is 2.31. The van der Waals surface area contributed by atoms with Crippen molar-refractivity contribution in [1.82, 2.24) is 4.90 Å². The van der Waals surface area contributed by atoms with Gasteiger partial charge in [0.15, 0.2) is 0 Å². The van der Waals surface area contributed by atoms with Crippen LogP contribution in [0.5, 0.6) is 0 Å². The second-order valence-electron chi connectivity index (χ2n) is 7.26. The van der Waals surface area contributed by atoms with E-state index in [0.717, 1.165) is 43.6 Å². The van der Waals surface area contributed by atoms with Gasteiger partial charge in [0.05, 0.1) is 0 Å². The third-order valence-electron chi connectivity index (χ3n) is 4.99. The Labute approximate surface area is 118 Å². The summed E-state index contributed by atoms with van der Waals surface area (Å²) in [4.78, 5) is 14.7. The van der Waals surface area contributed by atoms with Crippen molar-refractivity contribution in [2.75, 3.05) is 19.6 Å². The zero-order valence-electron chi connectivity index (χ0n) is 13.0. The van der Waals surface area contributed by atoms with Crippen molar-refractivity contribution in [2.24, 2.45) is 23.7 Å². The monoisotopic (exact) mass is 265 g/mol. The fourth-order valence-electron chi connectivity index (χ4n) is 4.30. The molecule has 4 atom stereocenters. The van der Waals surface area contributed by atoms with Crippen LogP contribution in [0, 0.1) is 23.7 Å². The highest BCUT2D eigenvalue weighted by atomic mass is 16.1. The predicted octanol–water partition coefficient (Wildman–Crippen LogP) is 3.75. The maximum atomic E-state index is 12.2. The van der Waals surface area contributed by atoms with Gasteiger partial charge < -0.3 is 4.90 Å². The number of rotatable bonds is 4. The van der Waals surface area contributed by atoms with Crippen LogP contribution in [0.4, 0.5) is 0 Å². The van der Waals surface area contributed by atoms with Gasteiger partial charge in [0.1, 0.15) is 5.78 Å². The van der Waals surface area contributed by atoms with Crippen LogP contribution < -0.4 is 0 Å². The van der Waals surface area contributed by atoms with Crippen LogP contribution in [-0.4, -0.2) is 30.3 Å². The molecule has 1 aliphatic carbocycles. The molecule has 0 amide bonds. The SMILES string of the molecule is CCCC1CCC(=O)C(CN2CC(C)CC(C)C2)C1. The van der Waals surface area contributed by atoms with Gasteiger partial charge in [-0.1, -0.05) is 33.6 Å². The molecule has 19 heavy (non-hydrogen) atoms. The van der Waals surface area contributed by atoms with Crippen LogP contribution in [-0.2, 0) is 4.79 Å². The number of hydrogen-bond acceptors (Lipinski definition) is 2. The number of nitrogens with zero attached hydrogens (tertiary/aromatic N) is 1. The van der Waals surface area contributed by atoms with E-state index in [2.05, 4.69) is 25.7 Å². The summed E-state index contributed by atoms with van der Waals surface area (Å²) >= 11 is 0. The van der Waals surface area contributed by atoms with Crippen molar-refractivity contribution in [3.05, 3.63) is 0 Å². The number of carbonyl (C=O) groups is 1. The molecule has 0 radical (unpaired) electrons. The second kappa shape index (κ2) is 6.88. The minimum atomic E-state index is 0.336. The molecule has 1 saturated heterocycles. The van der Waals surface area contributed by atoms with E-state index in [0.29, 0.717) is 11.7 Å². The van der Waals surface area contributed by atoms with Crippen molar-refractivity contribution in [3.8, 4) is 0 Å². The Bertz CT molecular complexity index is 292. The zero-order chi connectivity index (χ0) is 13.8. The van der Waals surface area contributed by atoms with Gasteiger partial charge in [0.2, 0.25) is 0 Å². The maximum Gasteiger partial charge on any atom is 0.137 e. The molecule has 2 nitrogen and oxygen atoms in total. The number of likely N-dealkylation sites (tertiary alicyclic amines) is 1. The highest BCUT2D eigenvalue weighted by molar-refractivity contribution is 5.81. The quantitative estimate of drug-likeness (QED) is 0.771. The summed E-state index contributed by atoms with van der Waals surface area (Å²) in [6.45, 7) is 10.4. The van der Waals surface area contributed by atoms with Crippen LogP contribution >= 0.6 is 0 Å². The Morgan fingerprint density at radius 2 is 1.84 bits per heavy atom. The van der Waals surface area contributed by atoms with Crippen molar-refractivity contribution in [3.63, 3.8) is 0 Å². The smallest absolute Gasteiger partial charge is 0.137 e. The maximum absolute atomic E-state index is 12.2. The van der Waals surface area contributed by atoms with Crippen LogP contribution in [0.2, 0.25) is 0 Å². The summed E-state index contributed by atoms with van der Waals surface area (Å²) in [5, 5.41) is 0. The lowest BCUT2D eigenvalue weighted by Crippen LogP contribution is -2.44.